The third kappa shape index (κ3) is 2.30. The molecule has 4 nitrogen and oxygen atoms in total. The van der Waals surface area contributed by atoms with Crippen molar-refractivity contribution < 1.29 is 9.90 Å². The van der Waals surface area contributed by atoms with E-state index in [-0.39, 0.29) is 5.56 Å². The highest BCUT2D eigenvalue weighted by atomic mass is 16.4. The molecule has 0 unspecified atom stereocenters. The number of carbonyl (C=O) groups is 1. The Morgan fingerprint density at radius 3 is 2.53 bits per heavy atom. The first-order valence-corrected chi connectivity index (χ1v) is 5.36. The number of hydrogen-bond acceptors (Lipinski definition) is 3. The molecule has 0 amide bonds. The number of hydrogen-bond donors (Lipinski definition) is 1. The second-order valence-electron chi connectivity index (χ2n) is 3.59. The molecule has 86 valence electrons. The Bertz CT molecular complexity index is 538. The van der Waals surface area contributed by atoms with E-state index in [1.54, 1.807) is 24.5 Å². The number of aromatic carboxylic acids is 1. The summed E-state index contributed by atoms with van der Waals surface area (Å²) >= 11 is 0. The molecule has 17 heavy (non-hydrogen) atoms. The zero-order chi connectivity index (χ0) is 12.3. The summed E-state index contributed by atoms with van der Waals surface area (Å²) in [5.41, 5.74) is 2.58. The molecule has 0 radical (unpaired) electrons. The number of aryl methyl sites for hydroxylation is 1. The van der Waals surface area contributed by atoms with Crippen molar-refractivity contribution in [1.29, 1.82) is 0 Å². The van der Waals surface area contributed by atoms with Crippen LogP contribution in [0, 0.1) is 0 Å². The summed E-state index contributed by atoms with van der Waals surface area (Å²) in [6.07, 6.45) is 3.97. The molecule has 0 aromatic carbocycles. The molecule has 0 spiro atoms. The Hall–Kier alpha value is -2.23. The van der Waals surface area contributed by atoms with Crippen LogP contribution in [0.4, 0.5) is 0 Å². The number of carboxylic acids is 1. The minimum Gasteiger partial charge on any atom is -0.478 e. The monoisotopic (exact) mass is 228 g/mol. The second kappa shape index (κ2) is 4.74. The van der Waals surface area contributed by atoms with Gasteiger partial charge in [0.15, 0.2) is 0 Å². The lowest BCUT2D eigenvalue weighted by Crippen LogP contribution is -2.04. The highest BCUT2D eigenvalue weighted by Crippen LogP contribution is 2.18. The number of nitrogens with zero attached hydrogens (tertiary/aromatic N) is 2. The SMILES string of the molecule is CCc1nc(-c2ccncc2)ccc1C(=O)O. The highest BCUT2D eigenvalue weighted by molar-refractivity contribution is 5.89. The van der Waals surface area contributed by atoms with Gasteiger partial charge in [0, 0.05) is 18.0 Å². The van der Waals surface area contributed by atoms with Crippen molar-refractivity contribution in [2.45, 2.75) is 13.3 Å². The van der Waals surface area contributed by atoms with E-state index in [1.165, 1.54) is 0 Å². The third-order valence-corrected chi connectivity index (χ3v) is 2.52. The first-order valence-electron chi connectivity index (χ1n) is 5.36. The molecular weight excluding hydrogens is 216 g/mol. The van der Waals surface area contributed by atoms with Gasteiger partial charge in [0.05, 0.1) is 17.0 Å². The fourth-order valence-electron chi connectivity index (χ4n) is 1.65. The van der Waals surface area contributed by atoms with Crippen molar-refractivity contribution in [2.75, 3.05) is 0 Å². The number of pyridine rings is 2. The summed E-state index contributed by atoms with van der Waals surface area (Å²) < 4.78 is 0. The summed E-state index contributed by atoms with van der Waals surface area (Å²) in [5.74, 6) is -0.935. The van der Waals surface area contributed by atoms with E-state index in [1.807, 2.05) is 19.1 Å². The maximum absolute atomic E-state index is 11.0. The number of carboxylic acid groups (broad SMARTS) is 1. The lowest BCUT2D eigenvalue weighted by Gasteiger charge is -2.06. The molecule has 0 aliphatic rings. The Labute approximate surface area is 99.0 Å². The zero-order valence-corrected chi connectivity index (χ0v) is 9.42. The minimum absolute atomic E-state index is 0.269. The van der Waals surface area contributed by atoms with Crippen molar-refractivity contribution in [3.63, 3.8) is 0 Å². The molecular formula is C13H12N2O2. The van der Waals surface area contributed by atoms with Crippen LogP contribution in [0.15, 0.2) is 36.7 Å². The van der Waals surface area contributed by atoms with Crippen LogP contribution in [-0.4, -0.2) is 21.0 Å². The molecule has 2 aromatic heterocycles. The van der Waals surface area contributed by atoms with Gasteiger partial charge in [-0.1, -0.05) is 6.92 Å². The zero-order valence-electron chi connectivity index (χ0n) is 9.42. The van der Waals surface area contributed by atoms with Crippen LogP contribution in [0.3, 0.4) is 0 Å². The van der Waals surface area contributed by atoms with E-state index in [2.05, 4.69) is 9.97 Å². The summed E-state index contributed by atoms with van der Waals surface area (Å²) in [7, 11) is 0. The summed E-state index contributed by atoms with van der Waals surface area (Å²) in [5, 5.41) is 9.01. The van der Waals surface area contributed by atoms with Crippen LogP contribution in [0.1, 0.15) is 23.0 Å². The Kier molecular flexibility index (Phi) is 3.14. The van der Waals surface area contributed by atoms with Crippen molar-refractivity contribution in [2.24, 2.45) is 0 Å². The lowest BCUT2D eigenvalue weighted by molar-refractivity contribution is 0.0695. The van der Waals surface area contributed by atoms with Crippen molar-refractivity contribution in [3.8, 4) is 11.3 Å². The minimum atomic E-state index is -0.935. The molecule has 0 aliphatic heterocycles. The third-order valence-electron chi connectivity index (χ3n) is 2.52. The molecule has 0 atom stereocenters. The molecule has 0 bridgehead atoms. The van der Waals surface area contributed by atoms with Gasteiger partial charge in [-0.15, -0.1) is 0 Å². The summed E-state index contributed by atoms with van der Waals surface area (Å²) in [6.45, 7) is 1.89. The molecule has 2 heterocycles. The normalized spacial score (nSPS) is 10.2. The lowest BCUT2D eigenvalue weighted by atomic mass is 10.1. The van der Waals surface area contributed by atoms with E-state index < -0.39 is 5.97 Å². The van der Waals surface area contributed by atoms with Crippen LogP contribution in [0.5, 0.6) is 0 Å². The largest absolute Gasteiger partial charge is 0.478 e. The van der Waals surface area contributed by atoms with E-state index in [9.17, 15) is 4.79 Å². The van der Waals surface area contributed by atoms with Crippen LogP contribution < -0.4 is 0 Å². The average molecular weight is 228 g/mol. The Morgan fingerprint density at radius 1 is 1.24 bits per heavy atom. The van der Waals surface area contributed by atoms with Gasteiger partial charge in [-0.25, -0.2) is 4.79 Å². The Morgan fingerprint density at radius 2 is 1.94 bits per heavy atom. The van der Waals surface area contributed by atoms with Gasteiger partial charge in [0.2, 0.25) is 0 Å². The fourth-order valence-corrected chi connectivity index (χ4v) is 1.65. The fraction of sp³-hybridized carbons (Fsp3) is 0.154. The molecule has 0 fully saturated rings. The molecule has 0 saturated heterocycles. The van der Waals surface area contributed by atoms with Gasteiger partial charge < -0.3 is 5.11 Å². The van der Waals surface area contributed by atoms with Crippen molar-refractivity contribution >= 4 is 5.97 Å². The number of rotatable bonds is 3. The van der Waals surface area contributed by atoms with E-state index in [0.29, 0.717) is 12.1 Å². The van der Waals surface area contributed by atoms with Crippen molar-refractivity contribution in [1.82, 2.24) is 9.97 Å². The molecule has 0 saturated carbocycles. The molecule has 4 heteroatoms. The van der Waals surface area contributed by atoms with E-state index >= 15 is 0 Å². The quantitative estimate of drug-likeness (QED) is 0.876. The number of aromatic nitrogens is 2. The van der Waals surface area contributed by atoms with Gasteiger partial charge in [-0.3, -0.25) is 9.97 Å². The Balaban J connectivity index is 2.49. The smallest absolute Gasteiger partial charge is 0.337 e. The molecule has 2 aromatic rings. The van der Waals surface area contributed by atoms with Crippen LogP contribution >= 0.6 is 0 Å². The van der Waals surface area contributed by atoms with Crippen molar-refractivity contribution in [3.05, 3.63) is 47.9 Å². The molecule has 0 aliphatic carbocycles. The summed E-state index contributed by atoms with van der Waals surface area (Å²) in [4.78, 5) is 19.3. The van der Waals surface area contributed by atoms with E-state index in [4.69, 9.17) is 5.11 Å². The van der Waals surface area contributed by atoms with Crippen LogP contribution in [0.25, 0.3) is 11.3 Å². The van der Waals surface area contributed by atoms with Gasteiger partial charge in [-0.05, 0) is 30.7 Å². The topological polar surface area (TPSA) is 63.1 Å². The van der Waals surface area contributed by atoms with E-state index in [0.717, 1.165) is 11.3 Å². The van der Waals surface area contributed by atoms with Crippen LogP contribution in [0.2, 0.25) is 0 Å². The maximum Gasteiger partial charge on any atom is 0.337 e. The van der Waals surface area contributed by atoms with Gasteiger partial charge >= 0.3 is 5.97 Å². The second-order valence-corrected chi connectivity index (χ2v) is 3.59. The predicted molar refractivity (Wildman–Crippen MR) is 63.8 cm³/mol. The van der Waals surface area contributed by atoms with Gasteiger partial charge in [0.25, 0.3) is 0 Å². The predicted octanol–water partition coefficient (Wildman–Crippen LogP) is 2.40. The maximum atomic E-state index is 11.0. The van der Waals surface area contributed by atoms with Gasteiger partial charge in [0.1, 0.15) is 0 Å². The standard InChI is InChI=1S/C13H12N2O2/c1-2-11-10(13(16)17)3-4-12(15-11)9-5-7-14-8-6-9/h3-8H,2H2,1H3,(H,16,17). The molecule has 1 N–H and O–H groups in total. The first-order chi connectivity index (χ1) is 8.22. The highest BCUT2D eigenvalue weighted by Gasteiger charge is 2.11. The van der Waals surface area contributed by atoms with Crippen LogP contribution in [-0.2, 0) is 6.42 Å². The van der Waals surface area contributed by atoms with Gasteiger partial charge in [-0.2, -0.15) is 0 Å². The first kappa shape index (κ1) is 11.3. The average Bonchev–Trinajstić information content (AvgIpc) is 2.39. The molecule has 2 rings (SSSR count). The summed E-state index contributed by atoms with van der Waals surface area (Å²) in [6, 6.07) is 7.02.